The van der Waals surface area contributed by atoms with E-state index in [1.54, 1.807) is 0 Å². The minimum absolute atomic E-state index is 0.248. The lowest BCUT2D eigenvalue weighted by Gasteiger charge is -2.31. The first-order valence-corrected chi connectivity index (χ1v) is 7.15. The maximum Gasteiger partial charge on any atom is 0.312 e. The number of aliphatic carboxylic acids is 1. The largest absolute Gasteiger partial charge is 0.481 e. The van der Waals surface area contributed by atoms with Crippen LogP contribution < -0.4 is 5.73 Å². The van der Waals surface area contributed by atoms with Gasteiger partial charge in [0.15, 0.2) is 0 Å². The lowest BCUT2D eigenvalue weighted by molar-refractivity contribution is -0.139. The van der Waals surface area contributed by atoms with Crippen LogP contribution in [-0.4, -0.2) is 17.1 Å². The van der Waals surface area contributed by atoms with Crippen molar-refractivity contribution in [3.8, 4) is 0 Å². The van der Waals surface area contributed by atoms with E-state index in [0.29, 0.717) is 5.92 Å². The van der Waals surface area contributed by atoms with E-state index in [4.69, 9.17) is 5.73 Å². The molecule has 1 aromatic rings. The minimum Gasteiger partial charge on any atom is -0.481 e. The van der Waals surface area contributed by atoms with Crippen molar-refractivity contribution in [2.24, 2.45) is 11.7 Å². The summed E-state index contributed by atoms with van der Waals surface area (Å²) in [4.78, 5) is 11.4. The van der Waals surface area contributed by atoms with Crippen LogP contribution in [0.25, 0.3) is 0 Å². The molecule has 94 valence electrons. The van der Waals surface area contributed by atoms with Gasteiger partial charge in [0.1, 0.15) is 0 Å². The Morgan fingerprint density at radius 2 is 2.12 bits per heavy atom. The molecule has 0 amide bonds. The van der Waals surface area contributed by atoms with Gasteiger partial charge in [-0.2, -0.15) is 11.3 Å². The molecule has 0 saturated heterocycles. The van der Waals surface area contributed by atoms with Crippen LogP contribution in [0.1, 0.15) is 43.6 Å². The van der Waals surface area contributed by atoms with E-state index >= 15 is 0 Å². The molecule has 1 heterocycles. The Morgan fingerprint density at radius 3 is 2.65 bits per heavy atom. The fraction of sp³-hybridized carbons (Fsp3) is 0.615. The zero-order chi connectivity index (χ0) is 12.3. The average Bonchev–Trinajstić information content (AvgIpc) is 2.83. The van der Waals surface area contributed by atoms with Crippen LogP contribution in [0.4, 0.5) is 0 Å². The van der Waals surface area contributed by atoms with Crippen molar-refractivity contribution in [3.63, 3.8) is 0 Å². The van der Waals surface area contributed by atoms with Crippen molar-refractivity contribution in [2.75, 3.05) is 0 Å². The first-order valence-electron chi connectivity index (χ1n) is 6.20. The lowest BCUT2D eigenvalue weighted by atomic mass is 9.77. The van der Waals surface area contributed by atoms with Crippen molar-refractivity contribution in [3.05, 3.63) is 22.4 Å². The maximum atomic E-state index is 11.4. The molecule has 1 aliphatic carbocycles. The Balaban J connectivity index is 2.12. The number of hydrogen-bond acceptors (Lipinski definition) is 3. The molecule has 17 heavy (non-hydrogen) atoms. The highest BCUT2D eigenvalue weighted by Crippen LogP contribution is 2.33. The summed E-state index contributed by atoms with van der Waals surface area (Å²) in [5.41, 5.74) is 7.07. The molecule has 3 N–H and O–H groups in total. The summed E-state index contributed by atoms with van der Waals surface area (Å²) < 4.78 is 0. The molecule has 0 spiro atoms. The summed E-state index contributed by atoms with van der Waals surface area (Å²) in [5.74, 6) is -0.962. The highest BCUT2D eigenvalue weighted by molar-refractivity contribution is 7.08. The van der Waals surface area contributed by atoms with Crippen LogP contribution in [0.15, 0.2) is 16.8 Å². The third kappa shape index (κ3) is 2.87. The molecular formula is C13H19NO2S. The summed E-state index contributed by atoms with van der Waals surface area (Å²) in [6.07, 6.45) is 5.80. The third-order valence-electron chi connectivity index (χ3n) is 3.75. The predicted molar refractivity (Wildman–Crippen MR) is 69.2 cm³/mol. The summed E-state index contributed by atoms with van der Waals surface area (Å²) in [5, 5.41) is 13.2. The zero-order valence-electron chi connectivity index (χ0n) is 9.84. The quantitative estimate of drug-likeness (QED) is 0.867. The van der Waals surface area contributed by atoms with Gasteiger partial charge in [-0.25, -0.2) is 0 Å². The molecule has 2 atom stereocenters. The molecule has 0 radical (unpaired) electrons. The van der Waals surface area contributed by atoms with E-state index in [-0.39, 0.29) is 6.04 Å². The predicted octanol–water partition coefficient (Wildman–Crippen LogP) is 2.82. The first-order chi connectivity index (χ1) is 8.20. The van der Waals surface area contributed by atoms with E-state index in [1.165, 1.54) is 30.6 Å². The highest BCUT2D eigenvalue weighted by Gasteiger charge is 2.33. The number of rotatable bonds is 4. The van der Waals surface area contributed by atoms with Crippen LogP contribution in [0.2, 0.25) is 0 Å². The third-order valence-corrected chi connectivity index (χ3v) is 4.45. The van der Waals surface area contributed by atoms with Gasteiger partial charge in [-0.05, 0) is 41.1 Å². The molecule has 1 saturated carbocycles. The zero-order valence-corrected chi connectivity index (χ0v) is 10.7. The van der Waals surface area contributed by atoms with Crippen LogP contribution in [0.3, 0.4) is 0 Å². The average molecular weight is 253 g/mol. The molecule has 1 aliphatic rings. The number of carboxylic acids is 1. The minimum atomic E-state index is -0.790. The molecule has 0 bridgehead atoms. The Labute approximate surface area is 106 Å². The maximum absolute atomic E-state index is 11.4. The summed E-state index contributed by atoms with van der Waals surface area (Å²) in [7, 11) is 0. The van der Waals surface area contributed by atoms with Crippen molar-refractivity contribution in [1.29, 1.82) is 0 Å². The van der Waals surface area contributed by atoms with Crippen LogP contribution in [-0.2, 0) is 4.79 Å². The number of carboxylic acid groups (broad SMARTS) is 1. The summed E-state index contributed by atoms with van der Waals surface area (Å²) >= 11 is 1.53. The molecule has 1 fully saturated rings. The second-order valence-corrected chi connectivity index (χ2v) is 5.63. The summed E-state index contributed by atoms with van der Waals surface area (Å²) in [6, 6.07) is 1.63. The second-order valence-electron chi connectivity index (χ2n) is 4.85. The van der Waals surface area contributed by atoms with E-state index in [2.05, 4.69) is 0 Å². The van der Waals surface area contributed by atoms with Gasteiger partial charge >= 0.3 is 5.97 Å². The molecule has 0 aromatic carbocycles. The van der Waals surface area contributed by atoms with Gasteiger partial charge in [0.05, 0.1) is 5.92 Å². The van der Waals surface area contributed by atoms with E-state index in [9.17, 15) is 9.90 Å². The van der Waals surface area contributed by atoms with E-state index < -0.39 is 11.9 Å². The van der Waals surface area contributed by atoms with Gasteiger partial charge in [0.25, 0.3) is 0 Å². The van der Waals surface area contributed by atoms with E-state index in [0.717, 1.165) is 18.4 Å². The molecule has 0 aliphatic heterocycles. The molecule has 2 unspecified atom stereocenters. The van der Waals surface area contributed by atoms with Crippen molar-refractivity contribution >= 4 is 17.3 Å². The number of carbonyl (C=O) groups is 1. The normalized spacial score (nSPS) is 21.0. The van der Waals surface area contributed by atoms with Gasteiger partial charge in [0.2, 0.25) is 0 Å². The van der Waals surface area contributed by atoms with Gasteiger partial charge in [-0.1, -0.05) is 19.3 Å². The van der Waals surface area contributed by atoms with Crippen molar-refractivity contribution in [2.45, 2.75) is 44.1 Å². The topological polar surface area (TPSA) is 63.3 Å². The highest BCUT2D eigenvalue weighted by atomic mass is 32.1. The van der Waals surface area contributed by atoms with Crippen LogP contribution in [0.5, 0.6) is 0 Å². The van der Waals surface area contributed by atoms with Gasteiger partial charge in [0, 0.05) is 6.04 Å². The molecular weight excluding hydrogens is 234 g/mol. The Hall–Kier alpha value is -0.870. The molecule has 1 aromatic heterocycles. The SMILES string of the molecule is NC(C1CCCCC1)C(C(=O)O)c1ccsc1. The van der Waals surface area contributed by atoms with Crippen LogP contribution >= 0.6 is 11.3 Å². The molecule has 3 nitrogen and oxygen atoms in total. The van der Waals surface area contributed by atoms with Gasteiger partial charge in [-0.15, -0.1) is 0 Å². The first kappa shape index (κ1) is 12.6. The standard InChI is InChI=1S/C13H19NO2S/c14-12(9-4-2-1-3-5-9)11(13(15)16)10-6-7-17-8-10/h6-9,11-12H,1-5,14H2,(H,15,16). The van der Waals surface area contributed by atoms with Gasteiger partial charge in [-0.3, -0.25) is 4.79 Å². The molecule has 2 rings (SSSR count). The second kappa shape index (κ2) is 5.65. The number of hydrogen-bond donors (Lipinski definition) is 2. The Morgan fingerprint density at radius 1 is 1.41 bits per heavy atom. The Kier molecular flexibility index (Phi) is 4.18. The summed E-state index contributed by atoms with van der Waals surface area (Å²) in [6.45, 7) is 0. The fourth-order valence-electron chi connectivity index (χ4n) is 2.77. The number of nitrogens with two attached hydrogens (primary N) is 1. The molecule has 4 heteroatoms. The van der Waals surface area contributed by atoms with Crippen molar-refractivity contribution < 1.29 is 9.90 Å². The lowest BCUT2D eigenvalue weighted by Crippen LogP contribution is -2.40. The van der Waals surface area contributed by atoms with E-state index in [1.807, 2.05) is 16.8 Å². The van der Waals surface area contributed by atoms with Gasteiger partial charge < -0.3 is 10.8 Å². The number of thiophene rings is 1. The smallest absolute Gasteiger partial charge is 0.312 e. The van der Waals surface area contributed by atoms with Crippen molar-refractivity contribution in [1.82, 2.24) is 0 Å². The fourth-order valence-corrected chi connectivity index (χ4v) is 3.47. The van der Waals surface area contributed by atoms with Crippen LogP contribution in [0, 0.1) is 5.92 Å². The Bertz CT molecular complexity index is 358. The monoisotopic (exact) mass is 253 g/mol.